The first-order valence-electron chi connectivity index (χ1n) is 4.66. The van der Waals surface area contributed by atoms with E-state index >= 15 is 0 Å². The summed E-state index contributed by atoms with van der Waals surface area (Å²) in [5.41, 5.74) is 2.11. The Morgan fingerprint density at radius 3 is 1.83 bits per heavy atom. The van der Waals surface area contributed by atoms with Gasteiger partial charge in [-0.25, -0.2) is 0 Å². The smallest absolute Gasteiger partial charge is 0.364 e. The Hall–Kier alpha value is -0.123. The average Bonchev–Trinajstić information content (AvgIpc) is 2.06. The van der Waals surface area contributed by atoms with Crippen molar-refractivity contribution in [3.8, 4) is 0 Å². The minimum absolute atomic E-state index is 0.740. The Labute approximate surface area is 76.8 Å². The van der Waals surface area contributed by atoms with E-state index in [0.29, 0.717) is 0 Å². The van der Waals surface area contributed by atoms with E-state index < -0.39 is 8.56 Å². The van der Waals surface area contributed by atoms with Gasteiger partial charge in [-0.05, 0) is 32.5 Å². The van der Waals surface area contributed by atoms with Gasteiger partial charge in [-0.15, -0.1) is 0 Å². The van der Waals surface area contributed by atoms with Crippen molar-refractivity contribution in [2.24, 2.45) is 0 Å². The minimum Gasteiger partial charge on any atom is -0.392 e. The molecular formula is C9H20O2Si. The summed E-state index contributed by atoms with van der Waals surface area (Å²) >= 11 is 0. The first-order chi connectivity index (χ1) is 5.74. The molecule has 2 nitrogen and oxygen atoms in total. The van der Waals surface area contributed by atoms with E-state index in [1.54, 1.807) is 0 Å². The van der Waals surface area contributed by atoms with Crippen LogP contribution in [-0.2, 0) is 8.85 Å². The van der Waals surface area contributed by atoms with E-state index in [1.165, 1.54) is 0 Å². The minimum atomic E-state index is -1.95. The maximum absolute atomic E-state index is 5.69. The number of rotatable bonds is 6. The SMILES string of the molecule is CC=C[Si](CC)(OCC)OCC. The van der Waals surface area contributed by atoms with Gasteiger partial charge in [0, 0.05) is 13.2 Å². The Balaban J connectivity index is 4.27. The molecule has 0 saturated carbocycles. The quantitative estimate of drug-likeness (QED) is 0.597. The van der Waals surface area contributed by atoms with Gasteiger partial charge < -0.3 is 8.85 Å². The third-order valence-electron chi connectivity index (χ3n) is 1.69. The van der Waals surface area contributed by atoms with Crippen LogP contribution in [0.15, 0.2) is 11.8 Å². The molecule has 0 aliphatic rings. The molecule has 0 N–H and O–H groups in total. The van der Waals surface area contributed by atoms with Crippen molar-refractivity contribution in [1.82, 2.24) is 0 Å². The van der Waals surface area contributed by atoms with E-state index in [9.17, 15) is 0 Å². The van der Waals surface area contributed by atoms with E-state index in [0.717, 1.165) is 19.3 Å². The van der Waals surface area contributed by atoms with Crippen LogP contribution < -0.4 is 0 Å². The van der Waals surface area contributed by atoms with Crippen molar-refractivity contribution in [2.45, 2.75) is 33.7 Å². The highest BCUT2D eigenvalue weighted by Crippen LogP contribution is 2.14. The predicted molar refractivity (Wildman–Crippen MR) is 54.3 cm³/mol. The fourth-order valence-electron chi connectivity index (χ4n) is 1.20. The molecule has 0 atom stereocenters. The van der Waals surface area contributed by atoms with Gasteiger partial charge in [-0.2, -0.15) is 0 Å². The lowest BCUT2D eigenvalue weighted by molar-refractivity contribution is 0.195. The molecule has 0 heterocycles. The van der Waals surface area contributed by atoms with Gasteiger partial charge in [0.25, 0.3) is 0 Å². The Kier molecular flexibility index (Phi) is 6.33. The maximum Gasteiger partial charge on any atom is 0.364 e. The molecular weight excluding hydrogens is 168 g/mol. The highest BCUT2D eigenvalue weighted by molar-refractivity contribution is 6.72. The molecule has 0 radical (unpaired) electrons. The van der Waals surface area contributed by atoms with E-state index in [1.807, 2.05) is 26.8 Å². The molecule has 0 spiro atoms. The zero-order valence-corrected chi connectivity index (χ0v) is 9.59. The monoisotopic (exact) mass is 188 g/mol. The van der Waals surface area contributed by atoms with Crippen molar-refractivity contribution >= 4 is 8.56 Å². The Morgan fingerprint density at radius 2 is 1.58 bits per heavy atom. The van der Waals surface area contributed by atoms with Gasteiger partial charge >= 0.3 is 8.56 Å². The molecule has 0 aliphatic carbocycles. The summed E-state index contributed by atoms with van der Waals surface area (Å²) in [5.74, 6) is 0. The van der Waals surface area contributed by atoms with Crippen molar-refractivity contribution in [1.29, 1.82) is 0 Å². The van der Waals surface area contributed by atoms with Crippen LogP contribution in [0, 0.1) is 0 Å². The third-order valence-corrected chi connectivity index (χ3v) is 5.07. The summed E-state index contributed by atoms with van der Waals surface area (Å²) < 4.78 is 11.4. The Bertz CT molecular complexity index is 128. The number of hydrogen-bond acceptors (Lipinski definition) is 2. The van der Waals surface area contributed by atoms with Crippen molar-refractivity contribution in [3.05, 3.63) is 11.8 Å². The topological polar surface area (TPSA) is 18.5 Å². The molecule has 12 heavy (non-hydrogen) atoms. The van der Waals surface area contributed by atoms with Gasteiger partial charge in [-0.1, -0.05) is 13.0 Å². The lowest BCUT2D eigenvalue weighted by atomic mass is 10.8. The van der Waals surface area contributed by atoms with Gasteiger partial charge in [0.15, 0.2) is 0 Å². The summed E-state index contributed by atoms with van der Waals surface area (Å²) in [4.78, 5) is 0. The van der Waals surface area contributed by atoms with Crippen LogP contribution in [0.25, 0.3) is 0 Å². The largest absolute Gasteiger partial charge is 0.392 e. The van der Waals surface area contributed by atoms with Crippen LogP contribution >= 0.6 is 0 Å². The zero-order chi connectivity index (χ0) is 9.45. The fraction of sp³-hybridized carbons (Fsp3) is 0.778. The normalized spacial score (nSPS) is 12.7. The van der Waals surface area contributed by atoms with E-state index in [4.69, 9.17) is 8.85 Å². The standard InChI is InChI=1S/C9H20O2Si/c1-5-9-12(8-4,10-6-2)11-7-3/h5,9H,6-8H2,1-4H3. The summed E-state index contributed by atoms with van der Waals surface area (Å²) in [5, 5.41) is 0. The molecule has 0 bridgehead atoms. The number of hydrogen-bond donors (Lipinski definition) is 0. The Morgan fingerprint density at radius 1 is 1.08 bits per heavy atom. The summed E-state index contributed by atoms with van der Waals surface area (Å²) in [6, 6.07) is 0.985. The lowest BCUT2D eigenvalue weighted by Gasteiger charge is -2.25. The average molecular weight is 188 g/mol. The van der Waals surface area contributed by atoms with Crippen LogP contribution in [0.4, 0.5) is 0 Å². The molecule has 0 unspecified atom stereocenters. The van der Waals surface area contributed by atoms with Crippen LogP contribution in [0.5, 0.6) is 0 Å². The van der Waals surface area contributed by atoms with E-state index in [2.05, 4.69) is 12.6 Å². The highest BCUT2D eigenvalue weighted by Gasteiger charge is 2.31. The van der Waals surface area contributed by atoms with Crippen LogP contribution in [-0.4, -0.2) is 21.8 Å². The summed E-state index contributed by atoms with van der Waals surface area (Å²) in [7, 11) is -1.95. The third kappa shape index (κ3) is 3.52. The van der Waals surface area contributed by atoms with Crippen LogP contribution in [0.1, 0.15) is 27.7 Å². The van der Waals surface area contributed by atoms with Crippen LogP contribution in [0.3, 0.4) is 0 Å². The zero-order valence-electron chi connectivity index (χ0n) is 8.59. The molecule has 0 aromatic rings. The second-order valence-corrected chi connectivity index (χ2v) is 5.77. The van der Waals surface area contributed by atoms with Gasteiger partial charge in [0.05, 0.1) is 0 Å². The van der Waals surface area contributed by atoms with E-state index in [-0.39, 0.29) is 0 Å². The highest BCUT2D eigenvalue weighted by atomic mass is 28.4. The first kappa shape index (κ1) is 11.9. The molecule has 0 saturated heterocycles. The van der Waals surface area contributed by atoms with Crippen molar-refractivity contribution < 1.29 is 8.85 Å². The van der Waals surface area contributed by atoms with Crippen LogP contribution in [0.2, 0.25) is 6.04 Å². The number of allylic oxidation sites excluding steroid dienone is 1. The van der Waals surface area contributed by atoms with Gasteiger partial charge in [0.2, 0.25) is 0 Å². The predicted octanol–water partition coefficient (Wildman–Crippen LogP) is 2.64. The molecule has 0 aromatic heterocycles. The van der Waals surface area contributed by atoms with Gasteiger partial charge in [-0.3, -0.25) is 0 Å². The molecule has 3 heteroatoms. The second kappa shape index (κ2) is 6.40. The summed E-state index contributed by atoms with van der Waals surface area (Å²) in [6.07, 6.45) is 2.03. The second-order valence-electron chi connectivity index (χ2n) is 2.53. The molecule has 72 valence electrons. The fourth-order valence-corrected chi connectivity index (χ4v) is 3.61. The van der Waals surface area contributed by atoms with Gasteiger partial charge in [0.1, 0.15) is 0 Å². The molecule has 0 rings (SSSR count). The summed E-state index contributed by atoms with van der Waals surface area (Å²) in [6.45, 7) is 9.64. The first-order valence-corrected chi connectivity index (χ1v) is 6.76. The molecule has 0 aliphatic heterocycles. The van der Waals surface area contributed by atoms with Crippen molar-refractivity contribution in [2.75, 3.05) is 13.2 Å². The molecule has 0 fully saturated rings. The van der Waals surface area contributed by atoms with Crippen molar-refractivity contribution in [3.63, 3.8) is 0 Å². The molecule has 0 amide bonds. The molecule has 0 aromatic carbocycles. The maximum atomic E-state index is 5.69. The lowest BCUT2D eigenvalue weighted by Crippen LogP contribution is -2.39.